The topological polar surface area (TPSA) is 0 Å². The Morgan fingerprint density at radius 1 is 1.31 bits per heavy atom. The minimum absolute atomic E-state index is 0.202. The zero-order chi connectivity index (χ0) is 9.84. The third kappa shape index (κ3) is 2.50. The van der Waals surface area contributed by atoms with Crippen LogP contribution in [0.25, 0.3) is 0 Å². The molecule has 0 fully saturated rings. The second-order valence-electron chi connectivity index (χ2n) is 2.87. The van der Waals surface area contributed by atoms with E-state index in [1.807, 2.05) is 13.8 Å². The van der Waals surface area contributed by atoms with Crippen LogP contribution >= 0.6 is 12.6 Å². The van der Waals surface area contributed by atoms with E-state index in [2.05, 4.69) is 24.5 Å². The Morgan fingerprint density at radius 2 is 1.85 bits per heavy atom. The standard InChI is InChI=1S/C11H11FS/c1-8-6-10(12)7-9(2)11(8)4-3-5-13/h6-7,13H,5H2,1-2H3. The van der Waals surface area contributed by atoms with Crippen molar-refractivity contribution in [3.05, 3.63) is 34.6 Å². The molecule has 13 heavy (non-hydrogen) atoms. The van der Waals surface area contributed by atoms with Gasteiger partial charge in [-0.05, 0) is 37.1 Å². The van der Waals surface area contributed by atoms with Gasteiger partial charge < -0.3 is 0 Å². The van der Waals surface area contributed by atoms with E-state index in [1.54, 1.807) is 0 Å². The minimum atomic E-state index is -0.202. The average molecular weight is 194 g/mol. The maximum absolute atomic E-state index is 12.9. The Kier molecular flexibility index (Phi) is 3.39. The van der Waals surface area contributed by atoms with Gasteiger partial charge in [-0.2, -0.15) is 12.6 Å². The lowest BCUT2D eigenvalue weighted by Crippen LogP contribution is -1.90. The van der Waals surface area contributed by atoms with Crippen molar-refractivity contribution in [1.82, 2.24) is 0 Å². The van der Waals surface area contributed by atoms with E-state index in [0.29, 0.717) is 5.75 Å². The molecule has 0 saturated carbocycles. The van der Waals surface area contributed by atoms with Crippen LogP contribution in [0.5, 0.6) is 0 Å². The van der Waals surface area contributed by atoms with Crippen LogP contribution in [0.2, 0.25) is 0 Å². The van der Waals surface area contributed by atoms with Crippen molar-refractivity contribution >= 4 is 12.6 Å². The van der Waals surface area contributed by atoms with Gasteiger partial charge in [0.2, 0.25) is 0 Å². The van der Waals surface area contributed by atoms with Gasteiger partial charge in [0.1, 0.15) is 5.82 Å². The zero-order valence-electron chi connectivity index (χ0n) is 7.69. The third-order valence-electron chi connectivity index (χ3n) is 1.79. The van der Waals surface area contributed by atoms with Crippen LogP contribution < -0.4 is 0 Å². The fraction of sp³-hybridized carbons (Fsp3) is 0.273. The van der Waals surface area contributed by atoms with Crippen LogP contribution in [0.3, 0.4) is 0 Å². The third-order valence-corrected chi connectivity index (χ3v) is 1.95. The van der Waals surface area contributed by atoms with Crippen molar-refractivity contribution in [1.29, 1.82) is 0 Å². The molecule has 0 aliphatic heterocycles. The van der Waals surface area contributed by atoms with Crippen molar-refractivity contribution in [3.63, 3.8) is 0 Å². The molecule has 0 atom stereocenters. The number of hydrogen-bond acceptors (Lipinski definition) is 1. The van der Waals surface area contributed by atoms with Gasteiger partial charge in [-0.3, -0.25) is 0 Å². The molecule has 0 aliphatic carbocycles. The Labute approximate surface area is 83.6 Å². The maximum atomic E-state index is 12.9. The summed E-state index contributed by atoms with van der Waals surface area (Å²) in [4.78, 5) is 0. The summed E-state index contributed by atoms with van der Waals surface area (Å²) in [5.41, 5.74) is 2.68. The summed E-state index contributed by atoms with van der Waals surface area (Å²) in [6.45, 7) is 3.72. The summed E-state index contributed by atoms with van der Waals surface area (Å²) in [6.07, 6.45) is 0. The van der Waals surface area contributed by atoms with Crippen LogP contribution in [-0.4, -0.2) is 5.75 Å². The quantitative estimate of drug-likeness (QED) is 0.476. The molecule has 0 N–H and O–H groups in total. The van der Waals surface area contributed by atoms with Crippen molar-refractivity contribution < 1.29 is 4.39 Å². The summed E-state index contributed by atoms with van der Waals surface area (Å²) < 4.78 is 12.9. The predicted molar refractivity (Wildman–Crippen MR) is 56.6 cm³/mol. The van der Waals surface area contributed by atoms with Crippen LogP contribution in [0.4, 0.5) is 4.39 Å². The summed E-state index contributed by atoms with van der Waals surface area (Å²) in [5.74, 6) is 6.14. The summed E-state index contributed by atoms with van der Waals surface area (Å²) in [7, 11) is 0. The second kappa shape index (κ2) is 4.34. The highest BCUT2D eigenvalue weighted by Gasteiger charge is 2.01. The molecule has 0 aromatic heterocycles. The maximum Gasteiger partial charge on any atom is 0.123 e. The summed E-state index contributed by atoms with van der Waals surface area (Å²) in [6, 6.07) is 2.99. The Hall–Kier alpha value is -0.940. The Bertz CT molecular complexity index is 348. The van der Waals surface area contributed by atoms with E-state index in [9.17, 15) is 4.39 Å². The molecule has 0 saturated heterocycles. The molecule has 0 aliphatic rings. The SMILES string of the molecule is Cc1cc(F)cc(C)c1C#CCS. The van der Waals surface area contributed by atoms with E-state index < -0.39 is 0 Å². The molecule has 0 heterocycles. The molecule has 0 bridgehead atoms. The molecule has 1 aromatic rings. The van der Waals surface area contributed by atoms with Gasteiger partial charge in [0.15, 0.2) is 0 Å². The highest BCUT2D eigenvalue weighted by Crippen LogP contribution is 2.14. The van der Waals surface area contributed by atoms with E-state index >= 15 is 0 Å². The van der Waals surface area contributed by atoms with E-state index in [-0.39, 0.29) is 5.82 Å². The molecule has 1 aromatic carbocycles. The molecular weight excluding hydrogens is 183 g/mol. The van der Waals surface area contributed by atoms with Gasteiger partial charge in [0, 0.05) is 5.56 Å². The first-order chi connectivity index (χ1) is 6.15. The molecule has 0 amide bonds. The van der Waals surface area contributed by atoms with Gasteiger partial charge in [-0.15, -0.1) is 0 Å². The molecule has 0 nitrogen and oxygen atoms in total. The lowest BCUT2D eigenvalue weighted by atomic mass is 10.0. The highest BCUT2D eigenvalue weighted by molar-refractivity contribution is 7.80. The molecule has 1 rings (SSSR count). The summed E-state index contributed by atoms with van der Waals surface area (Å²) in [5, 5.41) is 0. The van der Waals surface area contributed by atoms with E-state index in [0.717, 1.165) is 16.7 Å². The van der Waals surface area contributed by atoms with Crippen molar-refractivity contribution in [3.8, 4) is 11.8 Å². The first-order valence-electron chi connectivity index (χ1n) is 4.01. The highest BCUT2D eigenvalue weighted by atomic mass is 32.1. The molecule has 0 spiro atoms. The number of hydrogen-bond donors (Lipinski definition) is 1. The van der Waals surface area contributed by atoms with Crippen LogP contribution in [0.1, 0.15) is 16.7 Å². The fourth-order valence-corrected chi connectivity index (χ4v) is 1.31. The lowest BCUT2D eigenvalue weighted by Gasteiger charge is -2.02. The largest absolute Gasteiger partial charge is 0.207 e. The first-order valence-corrected chi connectivity index (χ1v) is 4.65. The van der Waals surface area contributed by atoms with Crippen molar-refractivity contribution in [2.75, 3.05) is 5.75 Å². The number of thiol groups is 1. The number of rotatable bonds is 0. The molecular formula is C11H11FS. The Morgan fingerprint density at radius 3 is 2.31 bits per heavy atom. The van der Waals surface area contributed by atoms with Gasteiger partial charge >= 0.3 is 0 Å². The van der Waals surface area contributed by atoms with E-state index in [4.69, 9.17) is 0 Å². The predicted octanol–water partition coefficient (Wildman–Crippen LogP) is 2.72. The number of benzene rings is 1. The van der Waals surface area contributed by atoms with Crippen LogP contribution in [-0.2, 0) is 0 Å². The Balaban J connectivity index is 3.21. The number of aryl methyl sites for hydroxylation is 2. The first kappa shape index (κ1) is 10.1. The smallest absolute Gasteiger partial charge is 0.123 e. The molecule has 68 valence electrons. The minimum Gasteiger partial charge on any atom is -0.207 e. The fourth-order valence-electron chi connectivity index (χ4n) is 1.24. The normalized spacial score (nSPS) is 9.23. The number of halogens is 1. The van der Waals surface area contributed by atoms with Gasteiger partial charge in [0.25, 0.3) is 0 Å². The lowest BCUT2D eigenvalue weighted by molar-refractivity contribution is 0.625. The van der Waals surface area contributed by atoms with Crippen LogP contribution in [0, 0.1) is 31.5 Å². The van der Waals surface area contributed by atoms with Gasteiger partial charge in [0.05, 0.1) is 5.75 Å². The van der Waals surface area contributed by atoms with Gasteiger partial charge in [-0.25, -0.2) is 4.39 Å². The molecule has 0 radical (unpaired) electrons. The molecule has 2 heteroatoms. The second-order valence-corrected chi connectivity index (χ2v) is 3.19. The van der Waals surface area contributed by atoms with Crippen LogP contribution in [0.15, 0.2) is 12.1 Å². The monoisotopic (exact) mass is 194 g/mol. The summed E-state index contributed by atoms with van der Waals surface area (Å²) >= 11 is 3.99. The van der Waals surface area contributed by atoms with Gasteiger partial charge in [-0.1, -0.05) is 11.8 Å². The average Bonchev–Trinajstić information content (AvgIpc) is 2.02. The van der Waals surface area contributed by atoms with E-state index in [1.165, 1.54) is 12.1 Å². The van der Waals surface area contributed by atoms with Crippen molar-refractivity contribution in [2.45, 2.75) is 13.8 Å². The molecule has 0 unspecified atom stereocenters. The van der Waals surface area contributed by atoms with Crippen molar-refractivity contribution in [2.24, 2.45) is 0 Å². The zero-order valence-corrected chi connectivity index (χ0v) is 8.58.